The van der Waals surface area contributed by atoms with E-state index in [1.54, 1.807) is 0 Å². The molecular formula is C15H30N2O2. The number of rotatable bonds is 4. The SMILES string of the molecule is CC(C)[C@H](N)C(=O)OC1CCC(NC(C)(C)C)CC1. The molecule has 0 aliphatic heterocycles. The van der Waals surface area contributed by atoms with E-state index < -0.39 is 6.04 Å². The van der Waals surface area contributed by atoms with Crippen molar-refractivity contribution >= 4 is 5.97 Å². The molecule has 4 heteroatoms. The molecule has 1 rings (SSSR count). The van der Waals surface area contributed by atoms with Gasteiger partial charge in [-0.05, 0) is 52.4 Å². The van der Waals surface area contributed by atoms with E-state index >= 15 is 0 Å². The summed E-state index contributed by atoms with van der Waals surface area (Å²) in [6, 6.07) is 0.0409. The van der Waals surface area contributed by atoms with Gasteiger partial charge >= 0.3 is 5.97 Å². The largest absolute Gasteiger partial charge is 0.461 e. The Bertz CT molecular complexity index is 289. The zero-order valence-electron chi connectivity index (χ0n) is 13.0. The second-order valence-corrected chi connectivity index (χ2v) is 7.07. The van der Waals surface area contributed by atoms with Gasteiger partial charge in [0.15, 0.2) is 0 Å². The fraction of sp³-hybridized carbons (Fsp3) is 0.933. The molecule has 0 aromatic rings. The van der Waals surface area contributed by atoms with E-state index in [1.807, 2.05) is 13.8 Å². The smallest absolute Gasteiger partial charge is 0.323 e. The van der Waals surface area contributed by atoms with Gasteiger partial charge in [-0.25, -0.2) is 0 Å². The number of carbonyl (C=O) groups excluding carboxylic acids is 1. The molecule has 0 unspecified atom stereocenters. The van der Waals surface area contributed by atoms with E-state index in [2.05, 4.69) is 26.1 Å². The van der Waals surface area contributed by atoms with E-state index in [4.69, 9.17) is 10.5 Å². The van der Waals surface area contributed by atoms with Crippen LogP contribution >= 0.6 is 0 Å². The number of hydrogen-bond donors (Lipinski definition) is 2. The van der Waals surface area contributed by atoms with Crippen LogP contribution in [0, 0.1) is 5.92 Å². The lowest BCUT2D eigenvalue weighted by atomic mass is 9.91. The summed E-state index contributed by atoms with van der Waals surface area (Å²) in [4.78, 5) is 11.8. The number of hydrogen-bond acceptors (Lipinski definition) is 4. The summed E-state index contributed by atoms with van der Waals surface area (Å²) in [7, 11) is 0. The number of ether oxygens (including phenoxy) is 1. The summed E-state index contributed by atoms with van der Waals surface area (Å²) in [5, 5.41) is 3.61. The second kappa shape index (κ2) is 6.71. The first kappa shape index (κ1) is 16.4. The molecular weight excluding hydrogens is 240 g/mol. The first-order chi connectivity index (χ1) is 8.69. The Balaban J connectivity index is 2.32. The van der Waals surface area contributed by atoms with Crippen LogP contribution in [0.1, 0.15) is 60.3 Å². The van der Waals surface area contributed by atoms with Gasteiger partial charge in [0.2, 0.25) is 0 Å². The number of carbonyl (C=O) groups is 1. The van der Waals surface area contributed by atoms with Gasteiger partial charge in [0.25, 0.3) is 0 Å². The third-order valence-corrected chi connectivity index (χ3v) is 3.58. The number of nitrogens with one attached hydrogen (secondary N) is 1. The highest BCUT2D eigenvalue weighted by atomic mass is 16.5. The van der Waals surface area contributed by atoms with Gasteiger partial charge in [-0.3, -0.25) is 4.79 Å². The zero-order chi connectivity index (χ0) is 14.6. The maximum absolute atomic E-state index is 11.8. The van der Waals surface area contributed by atoms with Crippen LogP contribution in [-0.2, 0) is 9.53 Å². The molecule has 1 aliphatic carbocycles. The van der Waals surface area contributed by atoms with Gasteiger partial charge < -0.3 is 15.8 Å². The molecule has 0 amide bonds. The third-order valence-electron chi connectivity index (χ3n) is 3.58. The summed E-state index contributed by atoms with van der Waals surface area (Å²) in [6.45, 7) is 10.4. The van der Waals surface area contributed by atoms with E-state index in [0.29, 0.717) is 6.04 Å². The summed E-state index contributed by atoms with van der Waals surface area (Å²) >= 11 is 0. The molecule has 1 fully saturated rings. The minimum atomic E-state index is -0.495. The molecule has 4 nitrogen and oxygen atoms in total. The zero-order valence-corrected chi connectivity index (χ0v) is 13.0. The quantitative estimate of drug-likeness (QED) is 0.769. The molecule has 0 spiro atoms. The monoisotopic (exact) mass is 270 g/mol. The second-order valence-electron chi connectivity index (χ2n) is 7.07. The Morgan fingerprint density at radius 3 is 2.16 bits per heavy atom. The molecule has 0 radical (unpaired) electrons. The van der Waals surface area contributed by atoms with Crippen LogP contribution in [0.3, 0.4) is 0 Å². The molecule has 0 saturated heterocycles. The average molecular weight is 270 g/mol. The Morgan fingerprint density at radius 1 is 1.21 bits per heavy atom. The number of esters is 1. The van der Waals surface area contributed by atoms with Crippen molar-refractivity contribution in [2.75, 3.05) is 0 Å². The Kier molecular flexibility index (Phi) is 5.81. The lowest BCUT2D eigenvalue weighted by Gasteiger charge is -2.34. The summed E-state index contributed by atoms with van der Waals surface area (Å²) in [6.07, 6.45) is 4.04. The van der Waals surface area contributed by atoms with E-state index in [0.717, 1.165) is 25.7 Å². The molecule has 0 heterocycles. The van der Waals surface area contributed by atoms with E-state index in [-0.39, 0.29) is 23.5 Å². The molecule has 112 valence electrons. The minimum absolute atomic E-state index is 0.0512. The fourth-order valence-corrected chi connectivity index (χ4v) is 2.45. The molecule has 1 atom stereocenters. The number of nitrogens with two attached hydrogens (primary N) is 1. The van der Waals surface area contributed by atoms with Crippen molar-refractivity contribution in [2.45, 2.75) is 84.0 Å². The topological polar surface area (TPSA) is 64.4 Å². The van der Waals surface area contributed by atoms with Gasteiger partial charge in [-0.1, -0.05) is 13.8 Å². The van der Waals surface area contributed by atoms with Crippen molar-refractivity contribution in [3.8, 4) is 0 Å². The lowest BCUT2D eigenvalue weighted by Crippen LogP contribution is -2.46. The molecule has 0 aromatic carbocycles. The molecule has 1 saturated carbocycles. The highest BCUT2D eigenvalue weighted by Gasteiger charge is 2.28. The van der Waals surface area contributed by atoms with Gasteiger partial charge in [-0.2, -0.15) is 0 Å². The highest BCUT2D eigenvalue weighted by molar-refractivity contribution is 5.75. The van der Waals surface area contributed by atoms with Crippen molar-refractivity contribution in [3.05, 3.63) is 0 Å². The van der Waals surface area contributed by atoms with Gasteiger partial charge in [-0.15, -0.1) is 0 Å². The predicted molar refractivity (Wildman–Crippen MR) is 77.8 cm³/mol. The van der Waals surface area contributed by atoms with Crippen LogP contribution in [0.25, 0.3) is 0 Å². The predicted octanol–water partition coefficient (Wildman–Crippen LogP) is 2.21. The van der Waals surface area contributed by atoms with Crippen LogP contribution < -0.4 is 11.1 Å². The Hall–Kier alpha value is -0.610. The lowest BCUT2D eigenvalue weighted by molar-refractivity contribution is -0.153. The van der Waals surface area contributed by atoms with Crippen molar-refractivity contribution in [3.63, 3.8) is 0 Å². The Labute approximate surface area is 117 Å². The standard InChI is InChI=1S/C15H30N2O2/c1-10(2)13(16)14(18)19-12-8-6-11(7-9-12)17-15(3,4)5/h10-13,17H,6-9,16H2,1-5H3/t11?,12?,13-/m0/s1. The van der Waals surface area contributed by atoms with Crippen LogP contribution in [0.15, 0.2) is 0 Å². The van der Waals surface area contributed by atoms with Crippen LogP contribution in [-0.4, -0.2) is 29.7 Å². The van der Waals surface area contributed by atoms with Gasteiger partial charge in [0.1, 0.15) is 12.1 Å². The first-order valence-electron chi connectivity index (χ1n) is 7.43. The Morgan fingerprint density at radius 2 is 1.74 bits per heavy atom. The minimum Gasteiger partial charge on any atom is -0.461 e. The van der Waals surface area contributed by atoms with Crippen LogP contribution in [0.2, 0.25) is 0 Å². The van der Waals surface area contributed by atoms with Crippen molar-refractivity contribution in [2.24, 2.45) is 11.7 Å². The van der Waals surface area contributed by atoms with Crippen LogP contribution in [0.5, 0.6) is 0 Å². The van der Waals surface area contributed by atoms with E-state index in [9.17, 15) is 4.79 Å². The van der Waals surface area contributed by atoms with E-state index in [1.165, 1.54) is 0 Å². The summed E-state index contributed by atoms with van der Waals surface area (Å²) < 4.78 is 5.50. The van der Waals surface area contributed by atoms with Crippen molar-refractivity contribution in [1.82, 2.24) is 5.32 Å². The molecule has 19 heavy (non-hydrogen) atoms. The average Bonchev–Trinajstić information content (AvgIpc) is 2.28. The maximum atomic E-state index is 11.8. The highest BCUT2D eigenvalue weighted by Crippen LogP contribution is 2.23. The third kappa shape index (κ3) is 5.91. The maximum Gasteiger partial charge on any atom is 0.323 e. The normalized spacial score (nSPS) is 26.3. The summed E-state index contributed by atoms with van der Waals surface area (Å²) in [5.41, 5.74) is 5.95. The van der Waals surface area contributed by atoms with Crippen molar-refractivity contribution < 1.29 is 9.53 Å². The van der Waals surface area contributed by atoms with Crippen LogP contribution in [0.4, 0.5) is 0 Å². The first-order valence-corrected chi connectivity index (χ1v) is 7.43. The molecule has 3 N–H and O–H groups in total. The fourth-order valence-electron chi connectivity index (χ4n) is 2.45. The van der Waals surface area contributed by atoms with Crippen molar-refractivity contribution in [1.29, 1.82) is 0 Å². The molecule has 0 bridgehead atoms. The van der Waals surface area contributed by atoms with Gasteiger partial charge in [0.05, 0.1) is 0 Å². The molecule has 1 aliphatic rings. The summed E-state index contributed by atoms with van der Waals surface area (Å²) in [5.74, 6) is -0.117. The van der Waals surface area contributed by atoms with Gasteiger partial charge in [0, 0.05) is 11.6 Å². The molecule has 0 aromatic heterocycles.